The highest BCUT2D eigenvalue weighted by molar-refractivity contribution is 5.89. The van der Waals surface area contributed by atoms with Crippen molar-refractivity contribution in [1.29, 1.82) is 5.26 Å². The predicted molar refractivity (Wildman–Crippen MR) is 90.0 cm³/mol. The number of carbonyl (C=O) groups is 2. The molecule has 1 aromatic heterocycles. The quantitative estimate of drug-likeness (QED) is 0.727. The molecule has 0 aliphatic carbocycles. The summed E-state index contributed by atoms with van der Waals surface area (Å²) in [6, 6.07) is 5.44. The fourth-order valence-electron chi connectivity index (χ4n) is 2.71. The lowest BCUT2D eigenvalue weighted by Crippen LogP contribution is -2.36. The molecule has 128 valence electrons. The van der Waals surface area contributed by atoms with Gasteiger partial charge in [-0.3, -0.25) is 9.59 Å². The van der Waals surface area contributed by atoms with Gasteiger partial charge in [0.15, 0.2) is 0 Å². The van der Waals surface area contributed by atoms with E-state index in [0.717, 1.165) is 0 Å². The molecule has 0 radical (unpaired) electrons. The Hall–Kier alpha value is -2.62. The Labute approximate surface area is 142 Å². The Morgan fingerprint density at radius 2 is 2.29 bits per heavy atom. The van der Waals surface area contributed by atoms with Gasteiger partial charge in [0.2, 0.25) is 11.8 Å². The summed E-state index contributed by atoms with van der Waals surface area (Å²) in [4.78, 5) is 29.9. The van der Waals surface area contributed by atoms with Gasteiger partial charge in [0, 0.05) is 38.8 Å². The summed E-state index contributed by atoms with van der Waals surface area (Å²) in [5, 5.41) is 14.8. The number of nitrogens with one attached hydrogen (secondary N) is 2. The van der Waals surface area contributed by atoms with Crippen LogP contribution < -0.4 is 10.6 Å². The number of rotatable bonds is 7. The molecule has 1 aromatic rings. The van der Waals surface area contributed by atoms with Gasteiger partial charge in [0.25, 0.3) is 0 Å². The van der Waals surface area contributed by atoms with Crippen LogP contribution in [0.1, 0.15) is 25.8 Å². The Morgan fingerprint density at radius 1 is 1.50 bits per heavy atom. The molecule has 7 nitrogen and oxygen atoms in total. The number of hydrogen-bond donors (Lipinski definition) is 2. The van der Waals surface area contributed by atoms with E-state index < -0.39 is 0 Å². The molecule has 2 amide bonds. The second-order valence-corrected chi connectivity index (χ2v) is 6.32. The number of nitriles is 1. The van der Waals surface area contributed by atoms with Crippen LogP contribution in [0.3, 0.4) is 0 Å². The van der Waals surface area contributed by atoms with Gasteiger partial charge < -0.3 is 15.5 Å². The first-order chi connectivity index (χ1) is 11.5. The molecular formula is C17H23N5O2. The van der Waals surface area contributed by atoms with Crippen LogP contribution in [0.25, 0.3) is 0 Å². The van der Waals surface area contributed by atoms with Crippen molar-refractivity contribution in [3.63, 3.8) is 0 Å². The number of nitrogens with zero attached hydrogens (tertiary/aromatic N) is 3. The molecule has 24 heavy (non-hydrogen) atoms. The zero-order chi connectivity index (χ0) is 17.5. The van der Waals surface area contributed by atoms with Crippen LogP contribution >= 0.6 is 0 Å². The summed E-state index contributed by atoms with van der Waals surface area (Å²) in [6.45, 7) is 6.18. The minimum Gasteiger partial charge on any atom is -0.367 e. The molecule has 1 unspecified atom stereocenters. The van der Waals surface area contributed by atoms with Gasteiger partial charge in [-0.25, -0.2) is 4.98 Å². The molecular weight excluding hydrogens is 306 g/mol. The Kier molecular flexibility index (Phi) is 6.13. The van der Waals surface area contributed by atoms with Crippen LogP contribution in [0.4, 0.5) is 5.82 Å². The van der Waals surface area contributed by atoms with E-state index >= 15 is 0 Å². The molecule has 2 N–H and O–H groups in total. The topological polar surface area (TPSA) is 98.1 Å². The van der Waals surface area contributed by atoms with Gasteiger partial charge in [-0.05, 0) is 18.1 Å². The number of hydrogen-bond acceptors (Lipinski definition) is 5. The lowest BCUT2D eigenvalue weighted by atomic mass is 10.1. The van der Waals surface area contributed by atoms with Gasteiger partial charge in [-0.15, -0.1) is 0 Å². The summed E-state index contributed by atoms with van der Waals surface area (Å²) in [5.41, 5.74) is 0.467. The van der Waals surface area contributed by atoms with Crippen LogP contribution in [0.15, 0.2) is 18.3 Å². The van der Waals surface area contributed by atoms with Gasteiger partial charge >= 0.3 is 0 Å². The van der Waals surface area contributed by atoms with E-state index in [-0.39, 0.29) is 24.2 Å². The summed E-state index contributed by atoms with van der Waals surface area (Å²) >= 11 is 0. The largest absolute Gasteiger partial charge is 0.367 e. The molecule has 0 bridgehead atoms. The summed E-state index contributed by atoms with van der Waals surface area (Å²) in [5.74, 6) is 0.578. The average Bonchev–Trinajstić information content (AvgIpc) is 2.92. The Bertz CT molecular complexity index is 638. The van der Waals surface area contributed by atoms with Crippen LogP contribution in [-0.2, 0) is 9.59 Å². The maximum absolute atomic E-state index is 12.2. The molecule has 0 aromatic carbocycles. The van der Waals surface area contributed by atoms with Crippen molar-refractivity contribution in [2.75, 3.05) is 31.5 Å². The lowest BCUT2D eigenvalue weighted by Gasteiger charge is -2.18. The van der Waals surface area contributed by atoms with E-state index in [4.69, 9.17) is 5.26 Å². The smallest absolute Gasteiger partial charge is 0.225 e. The number of amides is 2. The predicted octanol–water partition coefficient (Wildman–Crippen LogP) is 0.986. The molecule has 1 saturated heterocycles. The third-order valence-corrected chi connectivity index (χ3v) is 3.82. The third-order valence-electron chi connectivity index (χ3n) is 3.82. The van der Waals surface area contributed by atoms with Gasteiger partial charge in [-0.1, -0.05) is 13.8 Å². The first-order valence-corrected chi connectivity index (χ1v) is 8.15. The van der Waals surface area contributed by atoms with Gasteiger partial charge in [0.1, 0.15) is 11.9 Å². The molecule has 1 fully saturated rings. The highest BCUT2D eigenvalue weighted by atomic mass is 16.2. The summed E-state index contributed by atoms with van der Waals surface area (Å²) < 4.78 is 0. The van der Waals surface area contributed by atoms with E-state index in [1.165, 1.54) is 0 Å². The molecule has 2 heterocycles. The second-order valence-electron chi connectivity index (χ2n) is 6.32. The second kappa shape index (κ2) is 8.29. The van der Waals surface area contributed by atoms with Crippen molar-refractivity contribution in [3.8, 4) is 6.07 Å². The summed E-state index contributed by atoms with van der Waals surface area (Å²) in [7, 11) is 0. The van der Waals surface area contributed by atoms with Crippen LogP contribution in [0.2, 0.25) is 0 Å². The van der Waals surface area contributed by atoms with Crippen molar-refractivity contribution in [2.24, 2.45) is 11.8 Å². The maximum Gasteiger partial charge on any atom is 0.225 e. The number of anilines is 1. The zero-order valence-electron chi connectivity index (χ0n) is 14.1. The third kappa shape index (κ3) is 4.69. The highest BCUT2D eigenvalue weighted by Gasteiger charge is 2.34. The fraction of sp³-hybridized carbons (Fsp3) is 0.529. The van der Waals surface area contributed by atoms with E-state index in [9.17, 15) is 9.59 Å². The minimum atomic E-state index is -0.277. The SMILES string of the molecule is CC(C)CN1CC(C(=O)NCCNc2ncccc2C#N)CC1=O. The highest BCUT2D eigenvalue weighted by Crippen LogP contribution is 2.19. The first-order valence-electron chi connectivity index (χ1n) is 8.15. The van der Waals surface area contributed by atoms with Crippen molar-refractivity contribution in [3.05, 3.63) is 23.9 Å². The van der Waals surface area contributed by atoms with Crippen molar-refractivity contribution >= 4 is 17.6 Å². The Balaban J connectivity index is 1.74. The number of pyridine rings is 1. The fourth-order valence-corrected chi connectivity index (χ4v) is 2.71. The van der Waals surface area contributed by atoms with Crippen molar-refractivity contribution in [1.82, 2.24) is 15.2 Å². The van der Waals surface area contributed by atoms with Crippen LogP contribution in [0.5, 0.6) is 0 Å². The number of likely N-dealkylation sites (tertiary alicyclic amines) is 1. The molecule has 7 heteroatoms. The molecule has 1 aliphatic heterocycles. The van der Waals surface area contributed by atoms with Crippen LogP contribution in [0, 0.1) is 23.2 Å². The summed E-state index contributed by atoms with van der Waals surface area (Å²) in [6.07, 6.45) is 1.89. The minimum absolute atomic E-state index is 0.0501. The van der Waals surface area contributed by atoms with Crippen molar-refractivity contribution in [2.45, 2.75) is 20.3 Å². The van der Waals surface area contributed by atoms with E-state index in [2.05, 4.69) is 35.5 Å². The zero-order valence-corrected chi connectivity index (χ0v) is 14.1. The maximum atomic E-state index is 12.2. The normalized spacial score (nSPS) is 17.0. The Morgan fingerprint density at radius 3 is 3.00 bits per heavy atom. The average molecular weight is 329 g/mol. The lowest BCUT2D eigenvalue weighted by molar-refractivity contribution is -0.129. The molecule has 1 atom stereocenters. The molecule has 0 spiro atoms. The monoisotopic (exact) mass is 329 g/mol. The number of carbonyl (C=O) groups excluding carboxylic acids is 2. The van der Waals surface area contributed by atoms with Crippen molar-refractivity contribution < 1.29 is 9.59 Å². The van der Waals surface area contributed by atoms with Gasteiger partial charge in [0.05, 0.1) is 11.5 Å². The standard InChI is InChI=1S/C17H23N5O2/c1-12(2)10-22-11-14(8-15(22)23)17(24)21-7-6-20-16-13(9-18)4-3-5-19-16/h3-5,12,14H,6-8,10-11H2,1-2H3,(H,19,20)(H,21,24). The molecule has 1 aliphatic rings. The van der Waals surface area contributed by atoms with E-state index in [1.54, 1.807) is 23.2 Å². The molecule has 0 saturated carbocycles. The first kappa shape index (κ1) is 17.7. The molecule has 2 rings (SSSR count). The number of aromatic nitrogens is 1. The van der Waals surface area contributed by atoms with E-state index in [1.807, 2.05) is 0 Å². The van der Waals surface area contributed by atoms with E-state index in [0.29, 0.717) is 43.5 Å². The van der Waals surface area contributed by atoms with Gasteiger partial charge in [-0.2, -0.15) is 5.26 Å². The van der Waals surface area contributed by atoms with Crippen LogP contribution in [-0.4, -0.2) is 47.9 Å².